The summed E-state index contributed by atoms with van der Waals surface area (Å²) in [5.74, 6) is -0.267. The maximum atomic E-state index is 12.5. The molecular weight excluding hydrogens is 448 g/mol. The first kappa shape index (κ1) is 20.7. The summed E-state index contributed by atoms with van der Waals surface area (Å²) < 4.78 is 0.896. The van der Waals surface area contributed by atoms with Crippen molar-refractivity contribution in [3.63, 3.8) is 0 Å². The van der Waals surface area contributed by atoms with E-state index in [1.807, 2.05) is 43.3 Å². The zero-order chi connectivity index (χ0) is 21.0. The molecule has 144 valence electrons. The Morgan fingerprint density at radius 1 is 1.14 bits per heavy atom. The minimum absolute atomic E-state index is 0.0600. The molecule has 0 unspecified atom stereocenters. The highest BCUT2D eigenvalue weighted by Gasteiger charge is 2.32. The lowest BCUT2D eigenvalue weighted by atomic mass is 9.82. The fourth-order valence-electron chi connectivity index (χ4n) is 3.12. The Morgan fingerprint density at radius 2 is 1.79 bits per heavy atom. The van der Waals surface area contributed by atoms with Crippen LogP contribution in [0.3, 0.4) is 0 Å². The first-order valence-electron chi connectivity index (χ1n) is 8.74. The van der Waals surface area contributed by atoms with Crippen LogP contribution in [-0.2, 0) is 0 Å². The molecule has 0 aromatic heterocycles. The summed E-state index contributed by atoms with van der Waals surface area (Å²) in [5, 5.41) is 23.0. The lowest BCUT2D eigenvalue weighted by molar-refractivity contribution is 0.102. The van der Waals surface area contributed by atoms with Gasteiger partial charge in [0.15, 0.2) is 5.78 Å². The van der Waals surface area contributed by atoms with E-state index >= 15 is 0 Å². The summed E-state index contributed by atoms with van der Waals surface area (Å²) in [6.45, 7) is 1.93. The van der Waals surface area contributed by atoms with Crippen LogP contribution in [0.1, 0.15) is 27.4 Å². The Labute approximate surface area is 182 Å². The van der Waals surface area contributed by atoms with Crippen molar-refractivity contribution < 1.29 is 4.79 Å². The largest absolute Gasteiger partial charge is 0.384 e. The van der Waals surface area contributed by atoms with Gasteiger partial charge in [-0.3, -0.25) is 4.79 Å². The van der Waals surface area contributed by atoms with Crippen LogP contribution in [0.4, 0.5) is 0 Å². The molecule has 3 N–H and O–H groups in total. The van der Waals surface area contributed by atoms with Crippen LogP contribution in [0.5, 0.6) is 0 Å². The topological polar surface area (TPSA) is 103 Å². The molecule has 1 heterocycles. The summed E-state index contributed by atoms with van der Waals surface area (Å²) in [6.07, 6.45) is 0. The molecule has 1 aliphatic rings. The van der Waals surface area contributed by atoms with Gasteiger partial charge in [0.05, 0.1) is 40.0 Å². The fraction of sp³-hybridized carbons (Fsp3) is 0.136. The Hall–Kier alpha value is -3.00. The highest BCUT2D eigenvalue weighted by atomic mass is 79.9. The molecule has 0 saturated carbocycles. The number of carbonyl (C=O) groups excluding carboxylic acids is 1. The third kappa shape index (κ3) is 4.37. The van der Waals surface area contributed by atoms with Gasteiger partial charge >= 0.3 is 0 Å². The molecule has 2 aromatic rings. The smallest absolute Gasteiger partial charge is 0.173 e. The molecule has 0 saturated heterocycles. The third-order valence-corrected chi connectivity index (χ3v) is 6.16. The molecule has 1 atom stereocenters. The van der Waals surface area contributed by atoms with E-state index in [1.54, 1.807) is 12.1 Å². The van der Waals surface area contributed by atoms with Crippen molar-refractivity contribution >= 4 is 33.5 Å². The number of nitrogens with zero attached hydrogens (tertiary/aromatic N) is 2. The van der Waals surface area contributed by atoms with Crippen LogP contribution < -0.4 is 11.1 Å². The summed E-state index contributed by atoms with van der Waals surface area (Å²) in [4.78, 5) is 12.5. The van der Waals surface area contributed by atoms with Gasteiger partial charge in [-0.15, -0.1) is 0 Å². The molecule has 5 nitrogen and oxygen atoms in total. The summed E-state index contributed by atoms with van der Waals surface area (Å²) in [5.41, 5.74) is 9.20. The number of nitrogens with two attached hydrogens (primary N) is 1. The number of aryl methyl sites for hydroxylation is 1. The molecule has 0 radical (unpaired) electrons. The lowest BCUT2D eigenvalue weighted by Gasteiger charge is -2.27. The van der Waals surface area contributed by atoms with Crippen LogP contribution in [0, 0.1) is 29.6 Å². The number of nitriles is 2. The van der Waals surface area contributed by atoms with E-state index in [4.69, 9.17) is 5.73 Å². The van der Waals surface area contributed by atoms with Crippen molar-refractivity contribution in [3.05, 3.63) is 91.7 Å². The van der Waals surface area contributed by atoms with E-state index in [0.717, 1.165) is 15.6 Å². The number of Topliss-reactive ketones (excluding diaryl/α,β-unsaturated/α-hetero) is 1. The lowest BCUT2D eigenvalue weighted by Crippen LogP contribution is -2.30. The van der Waals surface area contributed by atoms with Gasteiger partial charge in [-0.2, -0.15) is 10.5 Å². The normalized spacial score (nSPS) is 16.1. The predicted octanol–water partition coefficient (Wildman–Crippen LogP) is 4.49. The number of hydrogen-bond acceptors (Lipinski definition) is 6. The first-order valence-corrected chi connectivity index (χ1v) is 10.5. The quantitative estimate of drug-likeness (QED) is 0.631. The molecule has 0 amide bonds. The van der Waals surface area contributed by atoms with Gasteiger partial charge in [0, 0.05) is 10.0 Å². The van der Waals surface area contributed by atoms with Gasteiger partial charge in [0.25, 0.3) is 0 Å². The maximum absolute atomic E-state index is 12.5. The van der Waals surface area contributed by atoms with Crippen molar-refractivity contribution in [1.29, 1.82) is 10.5 Å². The molecule has 2 aromatic carbocycles. The molecular formula is C22H17BrN4OS. The zero-order valence-electron chi connectivity index (χ0n) is 15.6. The maximum Gasteiger partial charge on any atom is 0.173 e. The number of ketones is 1. The zero-order valence-corrected chi connectivity index (χ0v) is 18.0. The Morgan fingerprint density at radius 3 is 2.41 bits per heavy atom. The molecule has 0 bridgehead atoms. The number of thioether (sulfide) groups is 1. The number of carbonyl (C=O) groups is 1. The van der Waals surface area contributed by atoms with Crippen molar-refractivity contribution in [3.8, 4) is 12.1 Å². The van der Waals surface area contributed by atoms with Crippen LogP contribution in [0.25, 0.3) is 0 Å². The van der Waals surface area contributed by atoms with Crippen LogP contribution in [-0.4, -0.2) is 11.5 Å². The van der Waals surface area contributed by atoms with Gasteiger partial charge in [-0.05, 0) is 30.2 Å². The summed E-state index contributed by atoms with van der Waals surface area (Å²) in [7, 11) is 0. The van der Waals surface area contributed by atoms with E-state index in [0.29, 0.717) is 21.7 Å². The minimum Gasteiger partial charge on any atom is -0.384 e. The predicted molar refractivity (Wildman–Crippen MR) is 117 cm³/mol. The molecule has 1 aliphatic heterocycles. The number of allylic oxidation sites excluding steroid dienone is 2. The van der Waals surface area contributed by atoms with E-state index < -0.39 is 5.92 Å². The SMILES string of the molecule is Cc1ccccc1[C@@H]1C(C#N)=C(N)NC(SCC(=O)c2ccc(Br)cc2)=C1C#N. The monoisotopic (exact) mass is 464 g/mol. The van der Waals surface area contributed by atoms with Crippen molar-refractivity contribution in [2.75, 3.05) is 5.75 Å². The molecule has 0 fully saturated rings. The van der Waals surface area contributed by atoms with Crippen LogP contribution >= 0.6 is 27.7 Å². The van der Waals surface area contributed by atoms with Gasteiger partial charge in [-0.1, -0.05) is 64.1 Å². The van der Waals surface area contributed by atoms with Crippen molar-refractivity contribution in [1.82, 2.24) is 5.32 Å². The van der Waals surface area contributed by atoms with Crippen molar-refractivity contribution in [2.45, 2.75) is 12.8 Å². The van der Waals surface area contributed by atoms with Gasteiger partial charge in [0.1, 0.15) is 5.82 Å². The first-order chi connectivity index (χ1) is 14.0. The van der Waals surface area contributed by atoms with E-state index in [9.17, 15) is 15.3 Å². The summed E-state index contributed by atoms with van der Waals surface area (Å²) in [6, 6.07) is 19.1. The Bertz CT molecular complexity index is 1110. The van der Waals surface area contributed by atoms with E-state index in [-0.39, 0.29) is 17.4 Å². The minimum atomic E-state index is -0.558. The average Bonchev–Trinajstić information content (AvgIpc) is 2.72. The number of rotatable bonds is 5. The summed E-state index contributed by atoms with van der Waals surface area (Å²) >= 11 is 4.57. The molecule has 3 rings (SSSR count). The number of benzene rings is 2. The molecule has 29 heavy (non-hydrogen) atoms. The molecule has 0 aliphatic carbocycles. The number of halogens is 1. The fourth-order valence-corrected chi connectivity index (χ4v) is 4.33. The van der Waals surface area contributed by atoms with Gasteiger partial charge in [0.2, 0.25) is 0 Å². The number of hydrogen-bond donors (Lipinski definition) is 2. The standard InChI is InChI=1S/C22H17BrN4OS/c1-13-4-2-3-5-16(13)20-17(10-24)21(26)27-22(18(20)11-25)29-12-19(28)14-6-8-15(23)9-7-14/h2-9,20,27H,12,26H2,1H3/t20-/m1/s1. The second-order valence-electron chi connectivity index (χ2n) is 6.43. The van der Waals surface area contributed by atoms with Crippen LogP contribution in [0.15, 0.2) is 75.0 Å². The molecule has 0 spiro atoms. The second-order valence-corrected chi connectivity index (χ2v) is 8.33. The van der Waals surface area contributed by atoms with E-state index in [1.165, 1.54) is 11.8 Å². The Balaban J connectivity index is 1.94. The third-order valence-electron chi connectivity index (χ3n) is 4.61. The second kappa shape index (κ2) is 9.00. The van der Waals surface area contributed by atoms with Gasteiger partial charge < -0.3 is 11.1 Å². The number of dihydropyridines is 1. The highest BCUT2D eigenvalue weighted by Crippen LogP contribution is 2.40. The highest BCUT2D eigenvalue weighted by molar-refractivity contribution is 9.10. The van der Waals surface area contributed by atoms with Crippen LogP contribution in [0.2, 0.25) is 0 Å². The van der Waals surface area contributed by atoms with Crippen molar-refractivity contribution in [2.24, 2.45) is 5.73 Å². The Kier molecular flexibility index (Phi) is 6.43. The number of nitrogens with one attached hydrogen (secondary N) is 1. The van der Waals surface area contributed by atoms with E-state index in [2.05, 4.69) is 33.4 Å². The average molecular weight is 465 g/mol. The molecule has 7 heteroatoms. The van der Waals surface area contributed by atoms with Gasteiger partial charge in [-0.25, -0.2) is 0 Å².